The number of aromatic carboxylic acids is 1. The average Bonchev–Trinajstić information content (AvgIpc) is 2.37. The van der Waals surface area contributed by atoms with Crippen LogP contribution in [0, 0.1) is 0 Å². The fourth-order valence-electron chi connectivity index (χ4n) is 1.57. The Labute approximate surface area is 116 Å². The summed E-state index contributed by atoms with van der Waals surface area (Å²) in [5.74, 6) is -1.44. The highest BCUT2D eigenvalue weighted by molar-refractivity contribution is 6.33. The van der Waals surface area contributed by atoms with E-state index in [1.165, 1.54) is 12.1 Å². The number of carbonyl (C=O) groups is 2. The molecule has 1 amide bonds. The lowest BCUT2D eigenvalue weighted by molar-refractivity contribution is -0.127. The van der Waals surface area contributed by atoms with Gasteiger partial charge in [-0.15, -0.1) is 0 Å². The highest BCUT2D eigenvalue weighted by Crippen LogP contribution is 2.21. The lowest BCUT2D eigenvalue weighted by Gasteiger charge is -2.15. The van der Waals surface area contributed by atoms with E-state index in [1.807, 2.05) is 6.92 Å². The number of hydrogen-bond acceptors (Lipinski definition) is 3. The Morgan fingerprint density at radius 1 is 1.42 bits per heavy atom. The standard InChI is InChI=1S/C13H16ClNO4/c1-3-11(19-4-2)12(16)15-8-5-6-10(14)9(7-8)13(17)18/h5-7,11H,3-4H2,1-2H3,(H,15,16)(H,17,18). The zero-order valence-electron chi connectivity index (χ0n) is 10.8. The van der Waals surface area contributed by atoms with Crippen LogP contribution >= 0.6 is 11.6 Å². The first-order chi connectivity index (χ1) is 8.99. The Morgan fingerprint density at radius 2 is 2.11 bits per heavy atom. The van der Waals surface area contributed by atoms with Gasteiger partial charge in [0.25, 0.3) is 5.91 Å². The molecule has 0 radical (unpaired) electrons. The Balaban J connectivity index is 2.85. The highest BCUT2D eigenvalue weighted by Gasteiger charge is 2.17. The number of nitrogens with one attached hydrogen (secondary N) is 1. The van der Waals surface area contributed by atoms with Crippen molar-refractivity contribution in [3.8, 4) is 0 Å². The quantitative estimate of drug-likeness (QED) is 0.843. The molecule has 0 aliphatic carbocycles. The molecular formula is C13H16ClNO4. The molecule has 2 N–H and O–H groups in total. The van der Waals surface area contributed by atoms with Gasteiger partial charge in [0.05, 0.1) is 10.6 Å². The molecule has 1 rings (SSSR count). The van der Waals surface area contributed by atoms with Gasteiger partial charge in [-0.25, -0.2) is 4.79 Å². The van der Waals surface area contributed by atoms with E-state index in [9.17, 15) is 9.59 Å². The summed E-state index contributed by atoms with van der Waals surface area (Å²) in [6, 6.07) is 4.30. The minimum Gasteiger partial charge on any atom is -0.478 e. The Bertz CT molecular complexity index is 476. The number of hydrogen-bond donors (Lipinski definition) is 2. The van der Waals surface area contributed by atoms with Crippen LogP contribution in [0.15, 0.2) is 18.2 Å². The van der Waals surface area contributed by atoms with E-state index in [2.05, 4.69) is 5.32 Å². The smallest absolute Gasteiger partial charge is 0.337 e. The minimum atomic E-state index is -1.14. The number of carbonyl (C=O) groups excluding carboxylic acids is 1. The summed E-state index contributed by atoms with van der Waals surface area (Å²) in [4.78, 5) is 22.8. The SMILES string of the molecule is CCOC(CC)C(=O)Nc1ccc(Cl)c(C(=O)O)c1. The van der Waals surface area contributed by atoms with Crippen LogP contribution in [0.2, 0.25) is 5.02 Å². The first kappa shape index (κ1) is 15.5. The van der Waals surface area contributed by atoms with Crippen molar-refractivity contribution < 1.29 is 19.4 Å². The van der Waals surface area contributed by atoms with Gasteiger partial charge in [-0.1, -0.05) is 18.5 Å². The van der Waals surface area contributed by atoms with Gasteiger partial charge in [0.15, 0.2) is 0 Å². The van der Waals surface area contributed by atoms with Crippen LogP contribution in [0.5, 0.6) is 0 Å². The summed E-state index contributed by atoms with van der Waals surface area (Å²) in [6.07, 6.45) is -0.00654. The van der Waals surface area contributed by atoms with Crippen LogP contribution in [0.3, 0.4) is 0 Å². The van der Waals surface area contributed by atoms with Crippen LogP contribution in [-0.4, -0.2) is 29.7 Å². The number of ether oxygens (including phenoxy) is 1. The maximum atomic E-state index is 11.9. The summed E-state index contributed by atoms with van der Waals surface area (Å²) in [6.45, 7) is 4.08. The number of rotatable bonds is 6. The van der Waals surface area contributed by atoms with Crippen molar-refractivity contribution >= 4 is 29.2 Å². The van der Waals surface area contributed by atoms with Gasteiger partial charge in [-0.3, -0.25) is 4.79 Å². The summed E-state index contributed by atoms with van der Waals surface area (Å²) < 4.78 is 5.27. The molecule has 1 aromatic carbocycles. The lowest BCUT2D eigenvalue weighted by atomic mass is 10.2. The summed E-state index contributed by atoms with van der Waals surface area (Å²) in [7, 11) is 0. The highest BCUT2D eigenvalue weighted by atomic mass is 35.5. The maximum Gasteiger partial charge on any atom is 0.337 e. The van der Waals surface area contributed by atoms with E-state index in [0.29, 0.717) is 18.7 Å². The normalized spacial score (nSPS) is 11.9. The molecule has 0 heterocycles. The third-order valence-electron chi connectivity index (χ3n) is 2.50. The molecular weight excluding hydrogens is 270 g/mol. The Morgan fingerprint density at radius 3 is 2.63 bits per heavy atom. The fourth-order valence-corrected chi connectivity index (χ4v) is 1.77. The molecule has 0 aromatic heterocycles. The van der Waals surface area contributed by atoms with E-state index in [4.69, 9.17) is 21.4 Å². The van der Waals surface area contributed by atoms with Crippen LogP contribution in [0.1, 0.15) is 30.6 Å². The molecule has 0 saturated heterocycles. The topological polar surface area (TPSA) is 75.6 Å². The van der Waals surface area contributed by atoms with Gasteiger partial charge in [0, 0.05) is 12.3 Å². The molecule has 1 atom stereocenters. The number of carboxylic acid groups (broad SMARTS) is 1. The van der Waals surface area contributed by atoms with E-state index >= 15 is 0 Å². The monoisotopic (exact) mass is 285 g/mol. The van der Waals surface area contributed by atoms with Crippen LogP contribution in [0.4, 0.5) is 5.69 Å². The van der Waals surface area contributed by atoms with Gasteiger partial charge in [-0.05, 0) is 31.5 Å². The molecule has 0 fully saturated rings. The molecule has 6 heteroatoms. The Kier molecular flexibility index (Phi) is 5.79. The van der Waals surface area contributed by atoms with Gasteiger partial charge in [0.2, 0.25) is 0 Å². The molecule has 0 bridgehead atoms. The van der Waals surface area contributed by atoms with Crippen LogP contribution in [-0.2, 0) is 9.53 Å². The number of anilines is 1. The number of halogens is 1. The second-order valence-corrected chi connectivity index (χ2v) is 4.25. The summed E-state index contributed by atoms with van der Waals surface area (Å²) in [5.41, 5.74) is 0.328. The number of benzene rings is 1. The van der Waals surface area contributed by atoms with Gasteiger partial charge in [0.1, 0.15) is 6.10 Å². The molecule has 0 aliphatic heterocycles. The molecule has 5 nitrogen and oxygen atoms in total. The van der Waals surface area contributed by atoms with Gasteiger partial charge < -0.3 is 15.2 Å². The molecule has 19 heavy (non-hydrogen) atoms. The predicted molar refractivity (Wildman–Crippen MR) is 72.7 cm³/mol. The lowest BCUT2D eigenvalue weighted by Crippen LogP contribution is -2.30. The largest absolute Gasteiger partial charge is 0.478 e. The van der Waals surface area contributed by atoms with Crippen molar-refractivity contribution in [3.63, 3.8) is 0 Å². The van der Waals surface area contributed by atoms with E-state index in [-0.39, 0.29) is 16.5 Å². The summed E-state index contributed by atoms with van der Waals surface area (Å²) >= 11 is 5.75. The van der Waals surface area contributed by atoms with Crippen molar-refractivity contribution in [2.75, 3.05) is 11.9 Å². The van der Waals surface area contributed by atoms with Crippen molar-refractivity contribution in [2.24, 2.45) is 0 Å². The average molecular weight is 286 g/mol. The molecule has 1 unspecified atom stereocenters. The molecule has 0 spiro atoms. The number of amides is 1. The second kappa shape index (κ2) is 7.11. The first-order valence-electron chi connectivity index (χ1n) is 5.94. The minimum absolute atomic E-state index is 0.0519. The molecule has 1 aromatic rings. The van der Waals surface area contributed by atoms with E-state index < -0.39 is 12.1 Å². The van der Waals surface area contributed by atoms with Crippen LogP contribution in [0.25, 0.3) is 0 Å². The number of carboxylic acids is 1. The Hall–Kier alpha value is -1.59. The summed E-state index contributed by atoms with van der Waals surface area (Å²) in [5, 5.41) is 11.7. The van der Waals surface area contributed by atoms with Crippen molar-refractivity contribution in [3.05, 3.63) is 28.8 Å². The predicted octanol–water partition coefficient (Wildman–Crippen LogP) is 2.79. The maximum absolute atomic E-state index is 11.9. The zero-order valence-corrected chi connectivity index (χ0v) is 11.5. The van der Waals surface area contributed by atoms with Gasteiger partial charge in [-0.2, -0.15) is 0 Å². The van der Waals surface area contributed by atoms with Crippen LogP contribution < -0.4 is 5.32 Å². The fraction of sp³-hybridized carbons (Fsp3) is 0.385. The van der Waals surface area contributed by atoms with Gasteiger partial charge >= 0.3 is 5.97 Å². The first-order valence-corrected chi connectivity index (χ1v) is 6.32. The van der Waals surface area contributed by atoms with Crippen molar-refractivity contribution in [1.82, 2.24) is 0 Å². The molecule has 0 saturated carbocycles. The van der Waals surface area contributed by atoms with Crippen molar-refractivity contribution in [1.29, 1.82) is 0 Å². The molecule has 104 valence electrons. The van der Waals surface area contributed by atoms with E-state index in [1.54, 1.807) is 13.0 Å². The van der Waals surface area contributed by atoms with Crippen molar-refractivity contribution in [2.45, 2.75) is 26.4 Å². The second-order valence-electron chi connectivity index (χ2n) is 3.84. The molecule has 0 aliphatic rings. The zero-order chi connectivity index (χ0) is 14.4. The third kappa shape index (κ3) is 4.22. The van der Waals surface area contributed by atoms with E-state index in [0.717, 1.165) is 0 Å². The third-order valence-corrected chi connectivity index (χ3v) is 2.82.